The lowest BCUT2D eigenvalue weighted by Gasteiger charge is -2.30. The third kappa shape index (κ3) is 4.70. The van der Waals surface area contributed by atoms with Gasteiger partial charge in [-0.1, -0.05) is 36.6 Å². The van der Waals surface area contributed by atoms with Crippen LogP contribution >= 0.6 is 0 Å². The van der Waals surface area contributed by atoms with Gasteiger partial charge in [0, 0.05) is 35.1 Å². The third-order valence-electron chi connectivity index (χ3n) is 7.62. The summed E-state index contributed by atoms with van der Waals surface area (Å²) in [6.07, 6.45) is 9.50. The van der Waals surface area contributed by atoms with E-state index in [0.717, 1.165) is 71.1 Å². The Balaban J connectivity index is 1.43. The number of alkyl halides is 1. The first-order chi connectivity index (χ1) is 17.7. The van der Waals surface area contributed by atoms with Gasteiger partial charge in [0.15, 0.2) is 0 Å². The molecule has 194 valence electrons. The number of halogens is 1. The Morgan fingerprint density at radius 2 is 1.84 bits per heavy atom. The molecule has 0 spiro atoms. The highest BCUT2D eigenvalue weighted by molar-refractivity contribution is 7.89. The summed E-state index contributed by atoms with van der Waals surface area (Å²) in [6.45, 7) is 4.02. The summed E-state index contributed by atoms with van der Waals surface area (Å²) >= 11 is 0. The lowest BCUT2D eigenvalue weighted by Crippen LogP contribution is -2.31. The second-order valence-corrected chi connectivity index (χ2v) is 12.3. The zero-order chi connectivity index (χ0) is 25.8. The van der Waals surface area contributed by atoms with Gasteiger partial charge in [-0.2, -0.15) is 0 Å². The van der Waals surface area contributed by atoms with Crippen LogP contribution in [0.5, 0.6) is 0 Å². The van der Waals surface area contributed by atoms with Crippen LogP contribution in [-0.2, 0) is 16.6 Å². The van der Waals surface area contributed by atoms with Gasteiger partial charge in [-0.15, -0.1) is 0 Å². The number of benzene rings is 1. The van der Waals surface area contributed by atoms with Crippen molar-refractivity contribution in [2.75, 3.05) is 0 Å². The minimum Gasteiger partial charge on any atom is -0.361 e. The van der Waals surface area contributed by atoms with E-state index < -0.39 is 15.7 Å². The van der Waals surface area contributed by atoms with E-state index in [-0.39, 0.29) is 17.5 Å². The Morgan fingerprint density at radius 1 is 1.11 bits per heavy atom. The maximum absolute atomic E-state index is 15.9. The number of sulfonamides is 1. The van der Waals surface area contributed by atoms with Crippen LogP contribution in [0.15, 0.2) is 52.1 Å². The van der Waals surface area contributed by atoms with E-state index >= 15 is 4.39 Å². The molecule has 37 heavy (non-hydrogen) atoms. The highest BCUT2D eigenvalue weighted by Crippen LogP contribution is 2.38. The number of rotatable bonds is 7. The molecule has 0 amide bonds. The molecule has 0 radical (unpaired) electrons. The fraction of sp³-hybridized carbons (Fsp3) is 0.429. The van der Waals surface area contributed by atoms with E-state index in [1.807, 2.05) is 30.7 Å². The fourth-order valence-corrected chi connectivity index (χ4v) is 6.80. The Morgan fingerprint density at radius 3 is 2.49 bits per heavy atom. The topological polar surface area (TPSA) is 90.0 Å². The van der Waals surface area contributed by atoms with E-state index in [9.17, 15) is 8.42 Å². The number of aryl methyl sites for hydroxylation is 2. The smallest absolute Gasteiger partial charge is 0.240 e. The number of nitrogens with zero attached hydrogens (tertiary/aromatic N) is 3. The summed E-state index contributed by atoms with van der Waals surface area (Å²) in [7, 11) is -3.53. The summed E-state index contributed by atoms with van der Waals surface area (Å²) in [5, 5.41) is 4.08. The summed E-state index contributed by atoms with van der Waals surface area (Å²) in [5.74, 6) is 0.711. The highest BCUT2D eigenvalue weighted by atomic mass is 32.2. The largest absolute Gasteiger partial charge is 0.361 e. The molecule has 3 aromatic heterocycles. The van der Waals surface area contributed by atoms with Crippen molar-refractivity contribution in [3.8, 4) is 22.3 Å². The predicted octanol–water partition coefficient (Wildman–Crippen LogP) is 6.09. The first-order valence-electron chi connectivity index (χ1n) is 13.0. The Hall–Kier alpha value is -3.04. The van der Waals surface area contributed by atoms with Crippen LogP contribution in [0, 0.1) is 13.8 Å². The van der Waals surface area contributed by atoms with Gasteiger partial charge in [-0.25, -0.2) is 17.5 Å². The average molecular weight is 523 g/mol. The van der Waals surface area contributed by atoms with Gasteiger partial charge >= 0.3 is 0 Å². The summed E-state index contributed by atoms with van der Waals surface area (Å²) in [4.78, 5) is 5.05. The van der Waals surface area contributed by atoms with Crippen LogP contribution in [0.1, 0.15) is 56.4 Å². The second kappa shape index (κ2) is 9.06. The third-order valence-corrected chi connectivity index (χ3v) is 9.15. The molecule has 3 heterocycles. The van der Waals surface area contributed by atoms with Gasteiger partial charge in [0.2, 0.25) is 10.0 Å². The van der Waals surface area contributed by atoms with Gasteiger partial charge in [0.1, 0.15) is 11.4 Å². The van der Waals surface area contributed by atoms with E-state index in [2.05, 4.69) is 9.88 Å². The maximum Gasteiger partial charge on any atom is 0.240 e. The lowest BCUT2D eigenvalue weighted by atomic mass is 9.86. The monoisotopic (exact) mass is 522 g/mol. The van der Waals surface area contributed by atoms with Crippen molar-refractivity contribution in [1.82, 2.24) is 19.4 Å². The number of hydrogen-bond donors (Lipinski definition) is 1. The molecule has 2 saturated carbocycles. The van der Waals surface area contributed by atoms with E-state index in [1.54, 1.807) is 30.5 Å². The molecule has 0 bridgehead atoms. The molecule has 2 aliphatic rings. The van der Waals surface area contributed by atoms with E-state index in [1.165, 1.54) is 0 Å². The van der Waals surface area contributed by atoms with Crippen molar-refractivity contribution in [2.24, 2.45) is 0 Å². The molecule has 9 heteroatoms. The molecular weight excluding hydrogens is 491 g/mol. The molecule has 0 saturated heterocycles. The molecule has 0 unspecified atom stereocenters. The molecule has 1 aromatic carbocycles. The van der Waals surface area contributed by atoms with Crippen LogP contribution in [0.3, 0.4) is 0 Å². The molecular formula is C28H31FN4O3S. The molecule has 0 aliphatic heterocycles. The SMILES string of the molecule is Cc1noc(C)c1-c1cnc2c(-c3ccc(S(=O)(=O)NC4CC4)cc3)cn(CC3(F)CCCCC3)c2c1. The molecule has 4 aromatic rings. The van der Waals surface area contributed by atoms with Crippen molar-refractivity contribution in [3.05, 3.63) is 54.2 Å². The van der Waals surface area contributed by atoms with Crippen LogP contribution < -0.4 is 4.72 Å². The summed E-state index contributed by atoms with van der Waals surface area (Å²) in [6, 6.07) is 8.93. The van der Waals surface area contributed by atoms with Crippen LogP contribution in [-0.4, -0.2) is 34.8 Å². The minimum absolute atomic E-state index is 0.0477. The van der Waals surface area contributed by atoms with Gasteiger partial charge < -0.3 is 9.09 Å². The van der Waals surface area contributed by atoms with Gasteiger partial charge in [0.05, 0.1) is 28.2 Å². The first-order valence-corrected chi connectivity index (χ1v) is 14.4. The standard InChI is InChI=1S/C28H31FN4O3S/c1-18-26(19(2)36-31-18)21-14-25-27(30-15-21)24(16-33(25)17-28(29)12-4-3-5-13-28)20-6-10-23(11-7-20)37(34,35)32-22-8-9-22/h6-7,10-11,14-16,22,32H,3-5,8-9,12-13,17H2,1-2H3. The van der Waals surface area contributed by atoms with Crippen molar-refractivity contribution >= 4 is 21.1 Å². The summed E-state index contributed by atoms with van der Waals surface area (Å²) < 4.78 is 51.2. The van der Waals surface area contributed by atoms with Crippen LogP contribution in [0.25, 0.3) is 33.3 Å². The number of pyridine rings is 1. The Kier molecular flexibility index (Phi) is 5.95. The summed E-state index contributed by atoms with van der Waals surface area (Å²) in [5.41, 5.74) is 4.56. The quantitative estimate of drug-likeness (QED) is 0.317. The zero-order valence-electron chi connectivity index (χ0n) is 21.1. The molecule has 1 N–H and O–H groups in total. The van der Waals surface area contributed by atoms with Crippen LogP contribution in [0.4, 0.5) is 4.39 Å². The molecule has 2 aliphatic carbocycles. The number of fused-ring (bicyclic) bond motifs is 1. The Bertz CT molecular complexity index is 1540. The maximum atomic E-state index is 15.9. The van der Waals surface area contributed by atoms with E-state index in [0.29, 0.717) is 18.6 Å². The van der Waals surface area contributed by atoms with Crippen molar-refractivity contribution < 1.29 is 17.3 Å². The van der Waals surface area contributed by atoms with Crippen molar-refractivity contribution in [3.63, 3.8) is 0 Å². The van der Waals surface area contributed by atoms with Crippen molar-refractivity contribution in [2.45, 2.75) is 81.9 Å². The second-order valence-electron chi connectivity index (χ2n) is 10.6. The van der Waals surface area contributed by atoms with Crippen LogP contribution in [0.2, 0.25) is 0 Å². The predicted molar refractivity (Wildman–Crippen MR) is 140 cm³/mol. The lowest BCUT2D eigenvalue weighted by molar-refractivity contribution is 0.0873. The minimum atomic E-state index is -3.53. The number of hydrogen-bond acceptors (Lipinski definition) is 5. The van der Waals surface area contributed by atoms with Gasteiger partial charge in [-0.05, 0) is 63.3 Å². The first kappa shape index (κ1) is 24.3. The Labute approximate surface area is 216 Å². The average Bonchev–Trinajstić information content (AvgIpc) is 3.52. The molecule has 6 rings (SSSR count). The van der Waals surface area contributed by atoms with Gasteiger partial charge in [0.25, 0.3) is 0 Å². The van der Waals surface area contributed by atoms with E-state index in [4.69, 9.17) is 9.51 Å². The zero-order valence-corrected chi connectivity index (χ0v) is 21.9. The molecule has 7 nitrogen and oxygen atoms in total. The van der Waals surface area contributed by atoms with Crippen molar-refractivity contribution in [1.29, 1.82) is 0 Å². The normalized spacial score (nSPS) is 17.9. The van der Waals surface area contributed by atoms with Gasteiger partial charge in [-0.3, -0.25) is 4.98 Å². The highest BCUT2D eigenvalue weighted by Gasteiger charge is 2.33. The number of aromatic nitrogens is 3. The fourth-order valence-electron chi connectivity index (χ4n) is 5.49. The molecule has 2 fully saturated rings. The number of nitrogens with one attached hydrogen (secondary N) is 1. The molecule has 0 atom stereocenters.